The Morgan fingerprint density at radius 3 is 2.67 bits per heavy atom. The van der Waals surface area contributed by atoms with Crippen molar-refractivity contribution >= 4 is 10.9 Å². The number of fused-ring (bicyclic) bond motifs is 4. The summed E-state index contributed by atoms with van der Waals surface area (Å²) < 4.78 is 22.9. The third kappa shape index (κ3) is 2.76. The van der Waals surface area contributed by atoms with E-state index in [2.05, 4.69) is 39.8 Å². The zero-order valence-electron chi connectivity index (χ0n) is 21.7. The molecule has 1 unspecified atom stereocenters. The number of benzene rings is 3. The molecule has 4 aromatic rings. The number of nitrogens with zero attached hydrogens (tertiary/aromatic N) is 2. The lowest BCUT2D eigenvalue weighted by Gasteiger charge is -2.63. The molecule has 1 saturated carbocycles. The lowest BCUT2D eigenvalue weighted by Crippen LogP contribution is -2.74. The summed E-state index contributed by atoms with van der Waals surface area (Å²) in [6.45, 7) is 2.55. The van der Waals surface area contributed by atoms with Crippen LogP contribution >= 0.6 is 0 Å². The molecule has 0 amide bonds. The SMILES string of the molecule is Oc1ccc2c3c1O[C@H]1c4c(c5ccccc5n4Cc4ccc(F)cc4)C[C@@]4(O)C(C2)N(CC2CC2)CC[C@]314. The summed E-state index contributed by atoms with van der Waals surface area (Å²) in [5.41, 5.74) is 4.94. The quantitative estimate of drug-likeness (QED) is 0.385. The molecule has 1 spiro atoms. The molecule has 3 heterocycles. The number of aromatic hydroxyl groups is 1. The van der Waals surface area contributed by atoms with Crippen LogP contribution in [0.5, 0.6) is 11.5 Å². The maximum absolute atomic E-state index is 13.8. The molecule has 2 fully saturated rings. The van der Waals surface area contributed by atoms with Gasteiger partial charge < -0.3 is 19.5 Å². The molecule has 2 bridgehead atoms. The number of piperidine rings is 1. The Labute approximate surface area is 226 Å². The Hall–Kier alpha value is -3.35. The van der Waals surface area contributed by atoms with E-state index in [1.165, 1.54) is 30.5 Å². The van der Waals surface area contributed by atoms with Crippen LogP contribution in [0.4, 0.5) is 4.39 Å². The van der Waals surface area contributed by atoms with E-state index in [1.807, 2.05) is 12.1 Å². The summed E-state index contributed by atoms with van der Waals surface area (Å²) in [4.78, 5) is 2.57. The molecule has 3 aliphatic carbocycles. The third-order valence-corrected chi connectivity index (χ3v) is 10.6. The van der Waals surface area contributed by atoms with Crippen molar-refractivity contribution in [1.29, 1.82) is 0 Å². The van der Waals surface area contributed by atoms with E-state index in [0.717, 1.165) is 65.1 Å². The van der Waals surface area contributed by atoms with Crippen LogP contribution in [-0.4, -0.2) is 44.4 Å². The minimum absolute atomic E-state index is 0.00769. The average Bonchev–Trinajstić information content (AvgIpc) is 3.61. The normalized spacial score (nSPS) is 30.2. The smallest absolute Gasteiger partial charge is 0.166 e. The minimum Gasteiger partial charge on any atom is -0.504 e. The lowest BCUT2D eigenvalue weighted by molar-refractivity contribution is -0.173. The largest absolute Gasteiger partial charge is 0.504 e. The molecule has 39 heavy (non-hydrogen) atoms. The second kappa shape index (κ2) is 7.43. The first-order valence-corrected chi connectivity index (χ1v) is 14.3. The van der Waals surface area contributed by atoms with Gasteiger partial charge >= 0.3 is 0 Å². The van der Waals surface area contributed by atoms with Crippen molar-refractivity contribution < 1.29 is 19.3 Å². The Kier molecular flexibility index (Phi) is 4.28. The second-order valence-corrected chi connectivity index (χ2v) is 12.5. The zero-order valence-corrected chi connectivity index (χ0v) is 21.7. The van der Waals surface area contributed by atoms with E-state index in [4.69, 9.17) is 4.74 Å². The molecular weight excluding hydrogens is 491 g/mol. The van der Waals surface area contributed by atoms with Gasteiger partial charge in [0.15, 0.2) is 17.6 Å². The molecule has 198 valence electrons. The van der Waals surface area contributed by atoms with Crippen LogP contribution in [-0.2, 0) is 24.8 Å². The highest BCUT2D eigenvalue weighted by atomic mass is 19.1. The first kappa shape index (κ1) is 22.5. The van der Waals surface area contributed by atoms with Crippen LogP contribution in [0.2, 0.25) is 0 Å². The maximum atomic E-state index is 13.8. The lowest BCUT2D eigenvalue weighted by atomic mass is 9.49. The third-order valence-electron chi connectivity index (χ3n) is 10.6. The van der Waals surface area contributed by atoms with Gasteiger partial charge in [-0.2, -0.15) is 0 Å². The number of ether oxygens (including phenoxy) is 1. The van der Waals surface area contributed by atoms with Gasteiger partial charge in [0, 0.05) is 42.0 Å². The number of aliphatic hydroxyl groups is 1. The number of para-hydroxylation sites is 1. The molecule has 5 aliphatic rings. The van der Waals surface area contributed by atoms with E-state index in [-0.39, 0.29) is 17.6 Å². The van der Waals surface area contributed by atoms with Gasteiger partial charge in [-0.15, -0.1) is 0 Å². The molecule has 2 aliphatic heterocycles. The van der Waals surface area contributed by atoms with Gasteiger partial charge in [0.1, 0.15) is 5.82 Å². The predicted octanol–water partition coefficient (Wildman–Crippen LogP) is 5.23. The van der Waals surface area contributed by atoms with Crippen LogP contribution < -0.4 is 4.74 Å². The van der Waals surface area contributed by atoms with Crippen molar-refractivity contribution in [2.24, 2.45) is 5.92 Å². The number of phenols is 1. The van der Waals surface area contributed by atoms with Crippen molar-refractivity contribution in [2.45, 2.75) is 61.8 Å². The summed E-state index contributed by atoms with van der Waals surface area (Å²) in [6, 6.07) is 18.9. The van der Waals surface area contributed by atoms with Gasteiger partial charge in [-0.05, 0) is 79.1 Å². The predicted molar refractivity (Wildman–Crippen MR) is 146 cm³/mol. The molecule has 1 saturated heterocycles. The number of hydrogen-bond acceptors (Lipinski definition) is 4. The number of halogens is 1. The van der Waals surface area contributed by atoms with E-state index in [9.17, 15) is 14.6 Å². The Morgan fingerprint density at radius 1 is 1.03 bits per heavy atom. The summed E-state index contributed by atoms with van der Waals surface area (Å²) in [5, 5.41) is 25.3. The first-order valence-electron chi connectivity index (χ1n) is 14.3. The number of rotatable bonds is 4. The van der Waals surface area contributed by atoms with Crippen molar-refractivity contribution in [3.8, 4) is 11.5 Å². The molecule has 4 atom stereocenters. The van der Waals surface area contributed by atoms with E-state index in [0.29, 0.717) is 18.7 Å². The van der Waals surface area contributed by atoms with Crippen LogP contribution in [0, 0.1) is 11.7 Å². The summed E-state index contributed by atoms with van der Waals surface area (Å²) >= 11 is 0. The monoisotopic (exact) mass is 522 g/mol. The summed E-state index contributed by atoms with van der Waals surface area (Å²) in [5.74, 6) is 1.20. The van der Waals surface area contributed by atoms with Crippen molar-refractivity contribution in [3.63, 3.8) is 0 Å². The molecule has 9 rings (SSSR count). The highest BCUT2D eigenvalue weighted by Gasteiger charge is 2.73. The number of aromatic nitrogens is 1. The van der Waals surface area contributed by atoms with Gasteiger partial charge in [0.2, 0.25) is 0 Å². The summed E-state index contributed by atoms with van der Waals surface area (Å²) in [6.07, 6.45) is 4.28. The van der Waals surface area contributed by atoms with Crippen molar-refractivity contribution in [2.75, 3.05) is 13.1 Å². The number of likely N-dealkylation sites (tertiary alicyclic amines) is 1. The molecule has 1 aromatic heterocycles. The van der Waals surface area contributed by atoms with Gasteiger partial charge in [-0.3, -0.25) is 4.90 Å². The maximum Gasteiger partial charge on any atom is 0.166 e. The fourth-order valence-corrected chi connectivity index (χ4v) is 8.75. The number of hydrogen-bond donors (Lipinski definition) is 2. The van der Waals surface area contributed by atoms with Crippen LogP contribution in [0.3, 0.4) is 0 Å². The second-order valence-electron chi connectivity index (χ2n) is 12.5. The first-order chi connectivity index (χ1) is 19.0. The van der Waals surface area contributed by atoms with Crippen LogP contribution in [0.25, 0.3) is 10.9 Å². The summed E-state index contributed by atoms with van der Waals surface area (Å²) in [7, 11) is 0. The van der Waals surface area contributed by atoms with E-state index in [1.54, 1.807) is 6.07 Å². The molecule has 6 heteroatoms. The molecular formula is C33H31FN2O3. The topological polar surface area (TPSA) is 57.9 Å². The Balaban J connectivity index is 1.30. The average molecular weight is 523 g/mol. The van der Waals surface area contributed by atoms with Crippen LogP contribution in [0.1, 0.15) is 53.3 Å². The fourth-order valence-electron chi connectivity index (χ4n) is 8.75. The van der Waals surface area contributed by atoms with E-state index >= 15 is 0 Å². The highest BCUT2D eigenvalue weighted by Crippen LogP contribution is 2.69. The zero-order chi connectivity index (χ0) is 26.1. The fraction of sp³-hybridized carbons (Fsp3) is 0.394. The van der Waals surface area contributed by atoms with Crippen LogP contribution in [0.15, 0.2) is 60.7 Å². The minimum atomic E-state index is -1.01. The van der Waals surface area contributed by atoms with Crippen molar-refractivity contribution in [3.05, 3.63) is 94.4 Å². The molecule has 3 aromatic carbocycles. The standard InChI is InChI=1S/C33H31FN2O3/c34-22-10-7-20(8-11-22)18-36-25-4-2-1-3-23(25)24-16-33(38)27-15-21-9-12-26(37)30-28(21)32(33,31(39-30)29(24)36)13-14-35(27)17-19-5-6-19/h1-4,7-12,19,27,31,37-38H,5-6,13-18H2/t27?,31-,32-,33+/m0/s1. The van der Waals surface area contributed by atoms with Gasteiger partial charge in [-0.1, -0.05) is 36.4 Å². The van der Waals surface area contributed by atoms with E-state index < -0.39 is 17.1 Å². The van der Waals surface area contributed by atoms with Gasteiger partial charge in [0.05, 0.1) is 16.7 Å². The Bertz CT molecular complexity index is 1670. The van der Waals surface area contributed by atoms with Gasteiger partial charge in [-0.25, -0.2) is 4.39 Å². The molecule has 5 nitrogen and oxygen atoms in total. The van der Waals surface area contributed by atoms with Crippen molar-refractivity contribution in [1.82, 2.24) is 9.47 Å². The van der Waals surface area contributed by atoms with Gasteiger partial charge in [0.25, 0.3) is 0 Å². The molecule has 0 radical (unpaired) electrons. The number of phenolic OH excluding ortho intramolecular Hbond substituents is 1. The molecule has 2 N–H and O–H groups in total. The highest BCUT2D eigenvalue weighted by molar-refractivity contribution is 5.87. The Morgan fingerprint density at radius 2 is 1.85 bits per heavy atom.